The lowest BCUT2D eigenvalue weighted by Crippen LogP contribution is -1.99. The number of benzene rings is 2. The highest BCUT2D eigenvalue weighted by molar-refractivity contribution is 7.99. The maximum Gasteiger partial charge on any atom is 0.174 e. The summed E-state index contributed by atoms with van der Waals surface area (Å²) >= 11 is 1.69. The van der Waals surface area contributed by atoms with E-state index in [1.807, 2.05) is 59.1 Å². The topological polar surface area (TPSA) is 57.9 Å². The van der Waals surface area contributed by atoms with Gasteiger partial charge in [0, 0.05) is 24.0 Å². The van der Waals surface area contributed by atoms with Crippen LogP contribution in [-0.2, 0) is 6.61 Å². The molecule has 4 rings (SSSR count). The Morgan fingerprint density at radius 3 is 2.53 bits per heavy atom. The number of fused-ring (bicyclic) bond motifs is 1. The zero-order valence-electron chi connectivity index (χ0n) is 17.2. The molecule has 0 unspecified atom stereocenters. The van der Waals surface area contributed by atoms with Crippen LogP contribution in [0.5, 0.6) is 17.2 Å². The number of nitrogens with zero attached hydrogens (tertiary/aromatic N) is 3. The molecule has 2 aromatic heterocycles. The van der Waals surface area contributed by atoms with Gasteiger partial charge in [0.25, 0.3) is 0 Å². The maximum absolute atomic E-state index is 5.99. The van der Waals surface area contributed by atoms with Crippen molar-refractivity contribution in [2.24, 2.45) is 0 Å². The Kier molecular flexibility index (Phi) is 6.09. The molecule has 4 aromatic rings. The van der Waals surface area contributed by atoms with Crippen LogP contribution in [0.15, 0.2) is 66.1 Å². The number of hydrogen-bond acceptors (Lipinski definition) is 6. The molecule has 0 saturated heterocycles. The van der Waals surface area contributed by atoms with Crippen molar-refractivity contribution in [3.05, 3.63) is 66.5 Å². The van der Waals surface area contributed by atoms with Gasteiger partial charge >= 0.3 is 0 Å². The lowest BCUT2D eigenvalue weighted by Gasteiger charge is -2.13. The maximum atomic E-state index is 5.99. The lowest BCUT2D eigenvalue weighted by molar-refractivity contribution is 0.284. The molecule has 0 radical (unpaired) electrons. The first-order valence-corrected chi connectivity index (χ1v) is 10.6. The monoisotopic (exact) mass is 421 g/mol. The average molecular weight is 422 g/mol. The third-order valence-electron chi connectivity index (χ3n) is 4.64. The summed E-state index contributed by atoms with van der Waals surface area (Å²) in [6.07, 6.45) is 3.72. The van der Waals surface area contributed by atoms with Gasteiger partial charge in [0.05, 0.1) is 19.9 Å². The fourth-order valence-corrected chi connectivity index (χ4v) is 3.82. The van der Waals surface area contributed by atoms with Crippen LogP contribution in [0.4, 0.5) is 0 Å². The molecule has 0 atom stereocenters. The van der Waals surface area contributed by atoms with Crippen LogP contribution in [0.3, 0.4) is 0 Å². The summed E-state index contributed by atoms with van der Waals surface area (Å²) < 4.78 is 18.8. The van der Waals surface area contributed by atoms with E-state index >= 15 is 0 Å². The van der Waals surface area contributed by atoms with Gasteiger partial charge < -0.3 is 14.2 Å². The minimum atomic E-state index is 0.440. The van der Waals surface area contributed by atoms with Crippen LogP contribution >= 0.6 is 11.8 Å². The Bertz CT molecular complexity index is 1140. The van der Waals surface area contributed by atoms with Gasteiger partial charge in [-0.1, -0.05) is 30.8 Å². The van der Waals surface area contributed by atoms with Crippen molar-refractivity contribution in [1.82, 2.24) is 14.4 Å². The van der Waals surface area contributed by atoms with Crippen molar-refractivity contribution in [3.8, 4) is 28.5 Å². The van der Waals surface area contributed by atoms with E-state index in [0.29, 0.717) is 18.1 Å². The summed E-state index contributed by atoms with van der Waals surface area (Å²) in [5, 5.41) is 0.918. The Labute approximate surface area is 179 Å². The lowest BCUT2D eigenvalue weighted by atomic mass is 10.1. The average Bonchev–Trinajstić information content (AvgIpc) is 3.27. The number of rotatable bonds is 8. The van der Waals surface area contributed by atoms with Gasteiger partial charge in [0.15, 0.2) is 16.7 Å². The van der Waals surface area contributed by atoms with Gasteiger partial charge in [0.2, 0.25) is 0 Å². The van der Waals surface area contributed by atoms with E-state index in [1.165, 1.54) is 0 Å². The molecule has 0 N–H and O–H groups in total. The van der Waals surface area contributed by atoms with E-state index in [1.54, 1.807) is 32.2 Å². The summed E-state index contributed by atoms with van der Waals surface area (Å²) in [4.78, 5) is 9.25. The van der Waals surface area contributed by atoms with Crippen LogP contribution in [-0.4, -0.2) is 34.3 Å². The first kappa shape index (κ1) is 20.1. The van der Waals surface area contributed by atoms with Gasteiger partial charge in [-0.25, -0.2) is 9.97 Å². The SMILES string of the molecule is CCSc1nc(-c2ccc(OCc3ccc(OC)cc3)c(OC)c2)cc2nccn12. The summed E-state index contributed by atoms with van der Waals surface area (Å²) in [6.45, 7) is 2.55. The molecule has 0 saturated carbocycles. The van der Waals surface area contributed by atoms with Crippen molar-refractivity contribution < 1.29 is 14.2 Å². The molecule has 154 valence electrons. The Hall–Kier alpha value is -3.19. The summed E-state index contributed by atoms with van der Waals surface area (Å²) in [5.41, 5.74) is 3.72. The van der Waals surface area contributed by atoms with Crippen molar-refractivity contribution in [2.75, 3.05) is 20.0 Å². The number of hydrogen-bond donors (Lipinski definition) is 0. The summed E-state index contributed by atoms with van der Waals surface area (Å²) in [7, 11) is 3.30. The number of methoxy groups -OCH3 is 2. The van der Waals surface area contributed by atoms with Gasteiger partial charge in [-0.15, -0.1) is 0 Å². The molecule has 2 heterocycles. The highest BCUT2D eigenvalue weighted by atomic mass is 32.2. The molecule has 2 aromatic carbocycles. The smallest absolute Gasteiger partial charge is 0.174 e. The third kappa shape index (κ3) is 4.21. The van der Waals surface area contributed by atoms with Crippen molar-refractivity contribution in [1.29, 1.82) is 0 Å². The molecular weight excluding hydrogens is 398 g/mol. The quantitative estimate of drug-likeness (QED) is 0.291. The highest BCUT2D eigenvalue weighted by Gasteiger charge is 2.12. The number of thioether (sulfide) groups is 1. The van der Waals surface area contributed by atoms with Crippen molar-refractivity contribution in [2.45, 2.75) is 18.7 Å². The standard InChI is InChI=1S/C23H23N3O3S/c1-4-30-23-25-19(14-22-24-11-12-26(22)23)17-7-10-20(21(13-17)28-3)29-15-16-5-8-18(27-2)9-6-16/h5-14H,4,15H2,1-3H3. The van der Waals surface area contributed by atoms with Crippen LogP contribution in [0.1, 0.15) is 12.5 Å². The molecule has 0 aliphatic carbocycles. The predicted octanol–water partition coefficient (Wildman–Crippen LogP) is 5.10. The predicted molar refractivity (Wildman–Crippen MR) is 119 cm³/mol. The molecule has 30 heavy (non-hydrogen) atoms. The fraction of sp³-hybridized carbons (Fsp3) is 0.217. The van der Waals surface area contributed by atoms with Crippen LogP contribution < -0.4 is 14.2 Å². The second kappa shape index (κ2) is 9.09. The molecule has 0 fully saturated rings. The van der Waals surface area contributed by atoms with E-state index in [0.717, 1.165) is 39.1 Å². The molecule has 0 bridgehead atoms. The molecular formula is C23H23N3O3S. The normalized spacial score (nSPS) is 10.9. The van der Waals surface area contributed by atoms with Crippen LogP contribution in [0.2, 0.25) is 0 Å². The molecule has 0 amide bonds. The van der Waals surface area contributed by atoms with Crippen LogP contribution in [0.25, 0.3) is 16.9 Å². The Morgan fingerprint density at radius 1 is 0.967 bits per heavy atom. The van der Waals surface area contributed by atoms with Gasteiger partial charge in [-0.3, -0.25) is 4.40 Å². The zero-order chi connectivity index (χ0) is 20.9. The summed E-state index contributed by atoms with van der Waals surface area (Å²) in [6, 6.07) is 15.6. The number of imidazole rings is 1. The largest absolute Gasteiger partial charge is 0.497 e. The highest BCUT2D eigenvalue weighted by Crippen LogP contribution is 2.33. The van der Waals surface area contributed by atoms with Gasteiger partial charge in [-0.2, -0.15) is 0 Å². The molecule has 6 nitrogen and oxygen atoms in total. The van der Waals surface area contributed by atoms with Crippen LogP contribution in [0, 0.1) is 0 Å². The van der Waals surface area contributed by atoms with E-state index in [4.69, 9.17) is 19.2 Å². The fourth-order valence-electron chi connectivity index (χ4n) is 3.10. The van der Waals surface area contributed by atoms with Crippen molar-refractivity contribution in [3.63, 3.8) is 0 Å². The first-order chi connectivity index (χ1) is 14.7. The number of ether oxygens (including phenoxy) is 3. The Balaban J connectivity index is 1.59. The zero-order valence-corrected chi connectivity index (χ0v) is 18.0. The second-order valence-corrected chi connectivity index (χ2v) is 7.75. The second-order valence-electron chi connectivity index (χ2n) is 6.51. The van der Waals surface area contributed by atoms with E-state index in [-0.39, 0.29) is 0 Å². The minimum Gasteiger partial charge on any atom is -0.497 e. The van der Waals surface area contributed by atoms with Crippen molar-refractivity contribution >= 4 is 17.4 Å². The third-order valence-corrected chi connectivity index (χ3v) is 5.48. The van der Waals surface area contributed by atoms with Gasteiger partial charge in [-0.05, 0) is 41.6 Å². The first-order valence-electron chi connectivity index (χ1n) is 9.63. The molecule has 0 aliphatic rings. The molecule has 0 aliphatic heterocycles. The Morgan fingerprint density at radius 2 is 1.80 bits per heavy atom. The number of aromatic nitrogens is 3. The molecule has 0 spiro atoms. The molecule has 7 heteroatoms. The van der Waals surface area contributed by atoms with E-state index in [9.17, 15) is 0 Å². The van der Waals surface area contributed by atoms with E-state index in [2.05, 4.69) is 11.9 Å². The minimum absolute atomic E-state index is 0.440. The van der Waals surface area contributed by atoms with E-state index < -0.39 is 0 Å². The summed E-state index contributed by atoms with van der Waals surface area (Å²) in [5.74, 6) is 3.10. The van der Waals surface area contributed by atoms with Gasteiger partial charge in [0.1, 0.15) is 18.0 Å².